The fraction of sp³-hybridized carbons (Fsp3) is 0.333. The average molecular weight is 214 g/mol. The van der Waals surface area contributed by atoms with Crippen LogP contribution in [-0.4, -0.2) is 14.1 Å². The van der Waals surface area contributed by atoms with Crippen LogP contribution in [-0.2, 0) is 0 Å². The van der Waals surface area contributed by atoms with E-state index >= 15 is 0 Å². The van der Waals surface area contributed by atoms with E-state index in [4.69, 9.17) is 0 Å². The number of halogens is 1. The number of anilines is 1. The first-order valence-electron chi connectivity index (χ1n) is 3.55. The molecule has 2 heteroatoms. The Kier molecular flexibility index (Phi) is 2.55. The van der Waals surface area contributed by atoms with Gasteiger partial charge in [-0.3, -0.25) is 0 Å². The molecule has 0 N–H and O–H groups in total. The van der Waals surface area contributed by atoms with Gasteiger partial charge in [0, 0.05) is 18.6 Å². The molecule has 0 aliphatic heterocycles. The number of hydrogen-bond donors (Lipinski definition) is 0. The lowest BCUT2D eigenvalue weighted by atomic mass is 10.2. The molecule has 0 aromatic heterocycles. The van der Waals surface area contributed by atoms with Crippen LogP contribution in [0.4, 0.5) is 5.69 Å². The van der Waals surface area contributed by atoms with Crippen LogP contribution in [0.1, 0.15) is 5.56 Å². The van der Waals surface area contributed by atoms with Crippen molar-refractivity contribution in [2.75, 3.05) is 19.0 Å². The van der Waals surface area contributed by atoms with E-state index in [0.29, 0.717) is 0 Å². The summed E-state index contributed by atoms with van der Waals surface area (Å²) in [6.45, 7) is 2.09. The fourth-order valence-electron chi connectivity index (χ4n) is 0.975. The molecule has 1 nitrogen and oxygen atoms in total. The number of nitrogens with zero attached hydrogens (tertiary/aromatic N) is 1. The van der Waals surface area contributed by atoms with Gasteiger partial charge >= 0.3 is 0 Å². The van der Waals surface area contributed by atoms with Crippen molar-refractivity contribution in [3.05, 3.63) is 28.2 Å². The lowest BCUT2D eigenvalue weighted by Gasteiger charge is -2.14. The second-order valence-corrected chi connectivity index (χ2v) is 3.70. The molecule has 0 fully saturated rings. The predicted molar refractivity (Wildman–Crippen MR) is 53.2 cm³/mol. The lowest BCUT2D eigenvalue weighted by Crippen LogP contribution is -2.08. The molecule has 0 saturated carbocycles. The second-order valence-electron chi connectivity index (χ2n) is 2.85. The first kappa shape index (κ1) is 8.60. The number of aryl methyl sites for hydroxylation is 1. The van der Waals surface area contributed by atoms with Crippen LogP contribution < -0.4 is 4.90 Å². The molecular formula is C9H12BrN. The summed E-state index contributed by atoms with van der Waals surface area (Å²) in [5, 5.41) is 0. The van der Waals surface area contributed by atoms with Gasteiger partial charge in [-0.25, -0.2) is 0 Å². The maximum Gasteiger partial charge on any atom is 0.0505 e. The molecule has 1 rings (SSSR count). The van der Waals surface area contributed by atoms with Gasteiger partial charge in [-0.2, -0.15) is 0 Å². The van der Waals surface area contributed by atoms with E-state index in [1.54, 1.807) is 0 Å². The normalized spacial score (nSPS) is 9.82. The first-order valence-corrected chi connectivity index (χ1v) is 4.34. The summed E-state index contributed by atoms with van der Waals surface area (Å²) in [6.07, 6.45) is 0. The van der Waals surface area contributed by atoms with Gasteiger partial charge < -0.3 is 4.90 Å². The zero-order valence-electron chi connectivity index (χ0n) is 7.06. The molecule has 1 aromatic carbocycles. The van der Waals surface area contributed by atoms with E-state index in [2.05, 4.69) is 46.0 Å². The quantitative estimate of drug-likeness (QED) is 0.694. The Labute approximate surface area is 76.2 Å². The SMILES string of the molecule is Cc1ccc(N(C)C)c(Br)c1. The monoisotopic (exact) mass is 213 g/mol. The van der Waals surface area contributed by atoms with Gasteiger partial charge in [0.15, 0.2) is 0 Å². The molecule has 1 aromatic rings. The number of hydrogen-bond acceptors (Lipinski definition) is 1. The van der Waals surface area contributed by atoms with Gasteiger partial charge in [-0.1, -0.05) is 6.07 Å². The Hall–Kier alpha value is -0.500. The molecule has 0 spiro atoms. The molecule has 0 saturated heterocycles. The maximum absolute atomic E-state index is 3.51. The largest absolute Gasteiger partial charge is 0.377 e. The summed E-state index contributed by atoms with van der Waals surface area (Å²) < 4.78 is 1.16. The smallest absolute Gasteiger partial charge is 0.0505 e. The van der Waals surface area contributed by atoms with E-state index in [-0.39, 0.29) is 0 Å². The van der Waals surface area contributed by atoms with Gasteiger partial charge in [0.25, 0.3) is 0 Å². The predicted octanol–water partition coefficient (Wildman–Crippen LogP) is 2.82. The van der Waals surface area contributed by atoms with Crippen molar-refractivity contribution in [1.82, 2.24) is 0 Å². The zero-order chi connectivity index (χ0) is 8.43. The molecule has 0 aliphatic carbocycles. The van der Waals surface area contributed by atoms with Crippen molar-refractivity contribution < 1.29 is 0 Å². The van der Waals surface area contributed by atoms with Gasteiger partial charge in [-0.15, -0.1) is 0 Å². The van der Waals surface area contributed by atoms with Gasteiger partial charge in [0.1, 0.15) is 0 Å². The minimum absolute atomic E-state index is 1.16. The third kappa shape index (κ3) is 1.96. The molecule has 0 unspecified atom stereocenters. The van der Waals surface area contributed by atoms with E-state index in [1.165, 1.54) is 11.3 Å². The molecule has 0 aliphatic rings. The van der Waals surface area contributed by atoms with E-state index in [9.17, 15) is 0 Å². The summed E-state index contributed by atoms with van der Waals surface area (Å²) >= 11 is 3.51. The van der Waals surface area contributed by atoms with Crippen LogP contribution in [0.15, 0.2) is 22.7 Å². The second kappa shape index (κ2) is 3.26. The third-order valence-corrected chi connectivity index (χ3v) is 2.22. The Morgan fingerprint density at radius 3 is 2.36 bits per heavy atom. The average Bonchev–Trinajstić information content (AvgIpc) is 1.85. The van der Waals surface area contributed by atoms with E-state index < -0.39 is 0 Å². The first-order chi connectivity index (χ1) is 5.11. The third-order valence-electron chi connectivity index (χ3n) is 1.58. The van der Waals surface area contributed by atoms with Crippen LogP contribution in [0, 0.1) is 6.92 Å². The van der Waals surface area contributed by atoms with Crippen molar-refractivity contribution in [3.63, 3.8) is 0 Å². The number of rotatable bonds is 1. The Bertz CT molecular complexity index is 256. The minimum Gasteiger partial charge on any atom is -0.377 e. The minimum atomic E-state index is 1.16. The Morgan fingerprint density at radius 2 is 1.91 bits per heavy atom. The van der Waals surface area contributed by atoms with Crippen molar-refractivity contribution in [2.45, 2.75) is 6.92 Å². The maximum atomic E-state index is 3.51. The highest BCUT2D eigenvalue weighted by atomic mass is 79.9. The molecule has 0 heterocycles. The van der Waals surface area contributed by atoms with Crippen LogP contribution >= 0.6 is 15.9 Å². The van der Waals surface area contributed by atoms with Crippen molar-refractivity contribution in [1.29, 1.82) is 0 Å². The number of benzene rings is 1. The molecule has 0 bridgehead atoms. The molecular weight excluding hydrogens is 202 g/mol. The highest BCUT2D eigenvalue weighted by molar-refractivity contribution is 9.10. The van der Waals surface area contributed by atoms with Crippen LogP contribution in [0.25, 0.3) is 0 Å². The highest BCUT2D eigenvalue weighted by Gasteiger charge is 1.99. The molecule has 0 amide bonds. The van der Waals surface area contributed by atoms with Crippen molar-refractivity contribution in [3.8, 4) is 0 Å². The molecule has 11 heavy (non-hydrogen) atoms. The fourth-order valence-corrected chi connectivity index (χ4v) is 1.82. The van der Waals surface area contributed by atoms with E-state index in [1.807, 2.05) is 14.1 Å². The summed E-state index contributed by atoms with van der Waals surface area (Å²) in [7, 11) is 4.07. The summed E-state index contributed by atoms with van der Waals surface area (Å²) in [5.74, 6) is 0. The summed E-state index contributed by atoms with van der Waals surface area (Å²) in [5.41, 5.74) is 2.50. The van der Waals surface area contributed by atoms with Crippen molar-refractivity contribution >= 4 is 21.6 Å². The highest BCUT2D eigenvalue weighted by Crippen LogP contribution is 2.25. The van der Waals surface area contributed by atoms with Crippen LogP contribution in [0.2, 0.25) is 0 Å². The van der Waals surface area contributed by atoms with Gasteiger partial charge in [-0.05, 0) is 40.5 Å². The van der Waals surface area contributed by atoms with Gasteiger partial charge in [0.05, 0.1) is 5.69 Å². The Balaban J connectivity index is 3.09. The van der Waals surface area contributed by atoms with Gasteiger partial charge in [0.2, 0.25) is 0 Å². The topological polar surface area (TPSA) is 3.24 Å². The Morgan fingerprint density at radius 1 is 1.27 bits per heavy atom. The molecule has 0 atom stereocenters. The molecule has 60 valence electrons. The van der Waals surface area contributed by atoms with Crippen molar-refractivity contribution in [2.24, 2.45) is 0 Å². The summed E-state index contributed by atoms with van der Waals surface area (Å²) in [6, 6.07) is 6.34. The van der Waals surface area contributed by atoms with Crippen LogP contribution in [0.5, 0.6) is 0 Å². The zero-order valence-corrected chi connectivity index (χ0v) is 8.64. The van der Waals surface area contributed by atoms with E-state index in [0.717, 1.165) is 4.47 Å². The summed E-state index contributed by atoms with van der Waals surface area (Å²) in [4.78, 5) is 2.09. The van der Waals surface area contributed by atoms with Crippen LogP contribution in [0.3, 0.4) is 0 Å². The lowest BCUT2D eigenvalue weighted by molar-refractivity contribution is 1.12. The standard InChI is InChI=1S/C9H12BrN/c1-7-4-5-9(11(2)3)8(10)6-7/h4-6H,1-3H3. The molecule has 0 radical (unpaired) electrons.